The number of aromatic nitrogens is 3. The molecule has 0 saturated heterocycles. The summed E-state index contributed by atoms with van der Waals surface area (Å²) >= 11 is 0. The van der Waals surface area contributed by atoms with Crippen LogP contribution in [0.15, 0.2) is 53.5 Å². The Morgan fingerprint density at radius 2 is 1.96 bits per heavy atom. The van der Waals surface area contributed by atoms with Crippen molar-refractivity contribution in [2.45, 2.75) is 13.2 Å². The van der Waals surface area contributed by atoms with Gasteiger partial charge in [-0.3, -0.25) is 9.30 Å². The number of esters is 1. The third kappa shape index (κ3) is 3.21. The predicted octanol–water partition coefficient (Wildman–Crippen LogP) is 1.37. The number of hydrogen-bond donors (Lipinski definition) is 0. The van der Waals surface area contributed by atoms with Gasteiger partial charge < -0.3 is 4.74 Å². The quantitative estimate of drug-likeness (QED) is 0.663. The van der Waals surface area contributed by atoms with E-state index in [1.165, 1.54) is 16.2 Å². The molecule has 1 aromatic carbocycles. The Kier molecular flexibility index (Phi) is 4.43. The maximum atomic E-state index is 12.3. The normalized spacial score (nSPS) is 11.1. The number of rotatable bonds is 5. The first-order valence-corrected chi connectivity index (χ1v) is 7.48. The van der Waals surface area contributed by atoms with Gasteiger partial charge in [-0.05, 0) is 36.9 Å². The molecule has 0 aliphatic heterocycles. The molecule has 0 atom stereocenters. The van der Waals surface area contributed by atoms with Gasteiger partial charge in [0, 0.05) is 12.7 Å². The van der Waals surface area contributed by atoms with E-state index in [2.05, 4.69) is 9.84 Å². The molecule has 0 amide bonds. The van der Waals surface area contributed by atoms with E-state index in [0.29, 0.717) is 24.4 Å². The zero-order valence-electron chi connectivity index (χ0n) is 13.5. The summed E-state index contributed by atoms with van der Waals surface area (Å²) in [6.07, 6.45) is 1.70. The number of hydrogen-bond acceptors (Lipinski definition) is 5. The lowest BCUT2D eigenvalue weighted by atomic mass is 10.1. The highest BCUT2D eigenvalue weighted by atomic mass is 16.5. The van der Waals surface area contributed by atoms with Gasteiger partial charge >= 0.3 is 11.7 Å². The van der Waals surface area contributed by atoms with Crippen LogP contribution in [0.2, 0.25) is 0 Å². The maximum Gasteiger partial charge on any atom is 0.351 e. The molecule has 0 radical (unpaired) electrons. The standard InChI is InChI=1S/C17H18N4O3/c1-19(11-13-6-8-14(9-7-13)16(22)24-2)12-21-17(23)20-10-4-3-5-15(20)18-21/h3-10H,11-12H2,1-2H3. The number of ether oxygens (including phenoxy) is 1. The van der Waals surface area contributed by atoms with Crippen molar-refractivity contribution in [3.05, 3.63) is 70.3 Å². The van der Waals surface area contributed by atoms with Gasteiger partial charge in [0.1, 0.15) is 0 Å². The van der Waals surface area contributed by atoms with Crippen LogP contribution >= 0.6 is 0 Å². The molecule has 0 aliphatic rings. The molecule has 0 aliphatic carbocycles. The van der Waals surface area contributed by atoms with Crippen LogP contribution < -0.4 is 5.69 Å². The Bertz CT molecular complexity index is 911. The molecule has 3 aromatic rings. The third-order valence-electron chi connectivity index (χ3n) is 3.69. The molecule has 24 heavy (non-hydrogen) atoms. The van der Waals surface area contributed by atoms with Crippen molar-refractivity contribution < 1.29 is 9.53 Å². The molecule has 2 aromatic heterocycles. The van der Waals surface area contributed by atoms with Crippen LogP contribution in [0.5, 0.6) is 0 Å². The predicted molar refractivity (Wildman–Crippen MR) is 88.7 cm³/mol. The summed E-state index contributed by atoms with van der Waals surface area (Å²) in [7, 11) is 3.27. The molecular weight excluding hydrogens is 308 g/mol. The van der Waals surface area contributed by atoms with E-state index in [0.717, 1.165) is 5.56 Å². The zero-order valence-corrected chi connectivity index (χ0v) is 13.5. The average molecular weight is 326 g/mol. The van der Waals surface area contributed by atoms with E-state index < -0.39 is 0 Å². The molecule has 0 fully saturated rings. The minimum Gasteiger partial charge on any atom is -0.465 e. The van der Waals surface area contributed by atoms with Gasteiger partial charge in [0.05, 0.1) is 19.3 Å². The largest absolute Gasteiger partial charge is 0.465 e. The van der Waals surface area contributed by atoms with Gasteiger partial charge in [0.25, 0.3) is 0 Å². The lowest BCUT2D eigenvalue weighted by Gasteiger charge is -2.16. The molecule has 0 saturated carbocycles. The first-order valence-electron chi connectivity index (χ1n) is 7.48. The van der Waals surface area contributed by atoms with Crippen molar-refractivity contribution in [3.63, 3.8) is 0 Å². The van der Waals surface area contributed by atoms with Gasteiger partial charge in [-0.2, -0.15) is 4.68 Å². The Balaban J connectivity index is 1.70. The summed E-state index contributed by atoms with van der Waals surface area (Å²) in [5.74, 6) is -0.355. The summed E-state index contributed by atoms with van der Waals surface area (Å²) in [6.45, 7) is 1.00. The molecule has 0 spiro atoms. The van der Waals surface area contributed by atoms with Crippen LogP contribution in [0.25, 0.3) is 5.65 Å². The van der Waals surface area contributed by atoms with E-state index in [4.69, 9.17) is 0 Å². The van der Waals surface area contributed by atoms with Crippen molar-refractivity contribution in [1.82, 2.24) is 19.1 Å². The zero-order chi connectivity index (χ0) is 17.1. The molecule has 0 N–H and O–H groups in total. The van der Waals surface area contributed by atoms with Crippen molar-refractivity contribution in [1.29, 1.82) is 0 Å². The fraction of sp³-hybridized carbons (Fsp3) is 0.235. The fourth-order valence-corrected chi connectivity index (χ4v) is 2.51. The van der Waals surface area contributed by atoms with Crippen molar-refractivity contribution in [2.24, 2.45) is 0 Å². The first kappa shape index (κ1) is 15.9. The summed E-state index contributed by atoms with van der Waals surface area (Å²) in [4.78, 5) is 25.7. The molecule has 3 rings (SSSR count). The SMILES string of the molecule is COC(=O)c1ccc(CN(C)Cn2nc3ccccn3c2=O)cc1. The van der Waals surface area contributed by atoms with Crippen molar-refractivity contribution >= 4 is 11.6 Å². The molecule has 0 unspecified atom stereocenters. The minimum atomic E-state index is -0.355. The number of methoxy groups -OCH3 is 1. The Labute approximate surface area is 138 Å². The molecule has 7 nitrogen and oxygen atoms in total. The number of carbonyl (C=O) groups excluding carboxylic acids is 1. The summed E-state index contributed by atoms with van der Waals surface area (Å²) in [5.41, 5.74) is 2.00. The number of nitrogens with zero attached hydrogens (tertiary/aromatic N) is 4. The van der Waals surface area contributed by atoms with Crippen LogP contribution in [0.4, 0.5) is 0 Å². The number of benzene rings is 1. The molecular formula is C17H18N4O3. The monoisotopic (exact) mass is 326 g/mol. The number of fused-ring (bicyclic) bond motifs is 1. The lowest BCUT2D eigenvalue weighted by Crippen LogP contribution is -2.30. The summed E-state index contributed by atoms with van der Waals surface area (Å²) in [5, 5.41) is 4.31. The van der Waals surface area contributed by atoms with E-state index in [1.54, 1.807) is 30.5 Å². The maximum absolute atomic E-state index is 12.3. The van der Waals surface area contributed by atoms with Crippen LogP contribution in [0.1, 0.15) is 15.9 Å². The lowest BCUT2D eigenvalue weighted by molar-refractivity contribution is 0.0600. The Hall–Kier alpha value is -2.93. The highest BCUT2D eigenvalue weighted by Crippen LogP contribution is 2.08. The minimum absolute atomic E-state index is 0.168. The second-order valence-electron chi connectivity index (χ2n) is 5.56. The van der Waals surface area contributed by atoms with Crippen molar-refractivity contribution in [2.75, 3.05) is 14.2 Å². The Morgan fingerprint density at radius 1 is 1.21 bits per heavy atom. The average Bonchev–Trinajstić information content (AvgIpc) is 2.91. The van der Waals surface area contributed by atoms with E-state index in [1.807, 2.05) is 30.1 Å². The van der Waals surface area contributed by atoms with E-state index in [-0.39, 0.29) is 11.7 Å². The van der Waals surface area contributed by atoms with Crippen molar-refractivity contribution in [3.8, 4) is 0 Å². The van der Waals surface area contributed by atoms with Gasteiger partial charge in [0.15, 0.2) is 5.65 Å². The second kappa shape index (κ2) is 6.67. The topological polar surface area (TPSA) is 68.8 Å². The molecule has 2 heterocycles. The third-order valence-corrected chi connectivity index (χ3v) is 3.69. The van der Waals surface area contributed by atoms with Crippen LogP contribution in [-0.4, -0.2) is 39.2 Å². The van der Waals surface area contributed by atoms with E-state index >= 15 is 0 Å². The smallest absolute Gasteiger partial charge is 0.351 e. The molecule has 124 valence electrons. The van der Waals surface area contributed by atoms with Gasteiger partial charge in [0.2, 0.25) is 0 Å². The van der Waals surface area contributed by atoms with Crippen LogP contribution in [0.3, 0.4) is 0 Å². The number of pyridine rings is 1. The van der Waals surface area contributed by atoms with Crippen LogP contribution in [0, 0.1) is 0 Å². The van der Waals surface area contributed by atoms with E-state index in [9.17, 15) is 9.59 Å². The van der Waals surface area contributed by atoms with Crippen LogP contribution in [-0.2, 0) is 18.0 Å². The molecule has 7 heteroatoms. The highest BCUT2D eigenvalue weighted by molar-refractivity contribution is 5.89. The first-order chi connectivity index (χ1) is 11.6. The highest BCUT2D eigenvalue weighted by Gasteiger charge is 2.09. The Morgan fingerprint density at radius 3 is 2.62 bits per heavy atom. The second-order valence-corrected chi connectivity index (χ2v) is 5.56. The summed E-state index contributed by atoms with van der Waals surface area (Å²) in [6, 6.07) is 12.6. The molecule has 0 bridgehead atoms. The number of carbonyl (C=O) groups is 1. The van der Waals surface area contributed by atoms with Gasteiger partial charge in [-0.1, -0.05) is 18.2 Å². The fourth-order valence-electron chi connectivity index (χ4n) is 2.51. The van der Waals surface area contributed by atoms with Gasteiger partial charge in [-0.15, -0.1) is 5.10 Å². The van der Waals surface area contributed by atoms with Gasteiger partial charge in [-0.25, -0.2) is 9.59 Å². The summed E-state index contributed by atoms with van der Waals surface area (Å²) < 4.78 is 7.62.